The summed E-state index contributed by atoms with van der Waals surface area (Å²) < 4.78 is 0. The molecule has 2 heterocycles. The lowest BCUT2D eigenvalue weighted by atomic mass is 9.97. The number of pyridine rings is 1. The van der Waals surface area contributed by atoms with Crippen molar-refractivity contribution in [1.82, 2.24) is 14.8 Å². The summed E-state index contributed by atoms with van der Waals surface area (Å²) in [5.41, 5.74) is 2.14. The smallest absolute Gasteiger partial charge is 0.255 e. The van der Waals surface area contributed by atoms with Gasteiger partial charge in [-0.05, 0) is 44.2 Å². The lowest BCUT2D eigenvalue weighted by Gasteiger charge is -2.34. The van der Waals surface area contributed by atoms with Gasteiger partial charge in [-0.25, -0.2) is 4.98 Å². The van der Waals surface area contributed by atoms with Gasteiger partial charge in [0.15, 0.2) is 0 Å². The number of aromatic nitrogens is 1. The van der Waals surface area contributed by atoms with E-state index in [-0.39, 0.29) is 11.8 Å². The largest absolute Gasteiger partial charge is 0.370 e. The summed E-state index contributed by atoms with van der Waals surface area (Å²) in [4.78, 5) is 31.9. The summed E-state index contributed by atoms with van der Waals surface area (Å²) in [5.74, 6) is 0.858. The first-order chi connectivity index (χ1) is 12.6. The fourth-order valence-electron chi connectivity index (χ4n) is 3.51. The van der Waals surface area contributed by atoms with E-state index in [1.807, 2.05) is 12.1 Å². The average Bonchev–Trinajstić information content (AvgIpc) is 2.69. The normalized spacial score (nSPS) is 17.7. The monoisotopic (exact) mass is 356 g/mol. The van der Waals surface area contributed by atoms with Crippen LogP contribution < -0.4 is 5.32 Å². The van der Waals surface area contributed by atoms with Crippen LogP contribution in [0.2, 0.25) is 0 Å². The molecule has 2 amide bonds. The van der Waals surface area contributed by atoms with E-state index in [1.54, 1.807) is 28.5 Å². The molecule has 0 aromatic carbocycles. The number of carbonyl (C=O) groups is 2. The quantitative estimate of drug-likeness (QED) is 0.824. The minimum Gasteiger partial charge on any atom is -0.370 e. The molecule has 0 unspecified atom stereocenters. The van der Waals surface area contributed by atoms with Gasteiger partial charge in [0.2, 0.25) is 5.91 Å². The van der Waals surface area contributed by atoms with E-state index in [1.165, 1.54) is 25.7 Å². The minimum absolute atomic E-state index is 0.0142. The molecule has 0 spiro atoms. The van der Waals surface area contributed by atoms with Crippen LogP contribution in [0.4, 0.5) is 5.82 Å². The third-order valence-corrected chi connectivity index (χ3v) is 5.16. The zero-order valence-electron chi connectivity index (χ0n) is 15.5. The van der Waals surface area contributed by atoms with Crippen molar-refractivity contribution < 1.29 is 9.59 Å². The van der Waals surface area contributed by atoms with Crippen LogP contribution in [-0.2, 0) is 4.79 Å². The maximum atomic E-state index is 12.6. The first-order valence-corrected chi connectivity index (χ1v) is 9.56. The zero-order valence-corrected chi connectivity index (χ0v) is 15.5. The molecule has 140 valence electrons. The van der Waals surface area contributed by atoms with Crippen molar-refractivity contribution in [2.75, 3.05) is 38.0 Å². The van der Waals surface area contributed by atoms with Crippen molar-refractivity contribution in [2.24, 2.45) is 0 Å². The Kier molecular flexibility index (Phi) is 6.26. The highest BCUT2D eigenvalue weighted by molar-refractivity contribution is 5.94. The molecule has 1 aliphatic carbocycles. The second-order valence-electron chi connectivity index (χ2n) is 7.02. The highest BCUT2D eigenvalue weighted by atomic mass is 16.2. The van der Waals surface area contributed by atoms with Gasteiger partial charge >= 0.3 is 0 Å². The van der Waals surface area contributed by atoms with Gasteiger partial charge in [0, 0.05) is 45.8 Å². The average molecular weight is 356 g/mol. The summed E-state index contributed by atoms with van der Waals surface area (Å²) >= 11 is 0. The van der Waals surface area contributed by atoms with E-state index in [2.05, 4.69) is 16.4 Å². The molecule has 1 aromatic rings. The van der Waals surface area contributed by atoms with Crippen LogP contribution in [0, 0.1) is 0 Å². The van der Waals surface area contributed by atoms with Crippen molar-refractivity contribution in [3.8, 4) is 0 Å². The molecule has 3 rings (SSSR count). The highest BCUT2D eigenvalue weighted by Crippen LogP contribution is 2.20. The molecule has 0 saturated carbocycles. The number of hydrogen-bond donors (Lipinski definition) is 1. The second-order valence-corrected chi connectivity index (χ2v) is 7.02. The van der Waals surface area contributed by atoms with E-state index in [0.29, 0.717) is 31.7 Å². The van der Waals surface area contributed by atoms with Gasteiger partial charge in [-0.1, -0.05) is 11.6 Å². The van der Waals surface area contributed by atoms with E-state index in [9.17, 15) is 9.59 Å². The fourth-order valence-corrected chi connectivity index (χ4v) is 3.51. The lowest BCUT2D eigenvalue weighted by molar-refractivity contribution is -0.130. The molecule has 26 heavy (non-hydrogen) atoms. The summed E-state index contributed by atoms with van der Waals surface area (Å²) in [6.45, 7) is 4.80. The number of rotatable bonds is 5. The number of amides is 2. The van der Waals surface area contributed by atoms with Crippen LogP contribution in [0.15, 0.2) is 30.0 Å². The standard InChI is InChI=1S/C20H28N4O2/c1-16(25)23-11-13-24(14-12-23)20(26)18-7-8-19(22-15-18)21-10-9-17-5-3-2-4-6-17/h5,7-8,15H,2-4,6,9-14H2,1H3,(H,21,22). The Hall–Kier alpha value is -2.37. The van der Waals surface area contributed by atoms with Crippen molar-refractivity contribution in [3.05, 3.63) is 35.5 Å². The van der Waals surface area contributed by atoms with Crippen molar-refractivity contribution in [2.45, 2.75) is 39.0 Å². The molecule has 0 bridgehead atoms. The molecular formula is C20H28N4O2. The summed E-state index contributed by atoms with van der Waals surface area (Å²) in [7, 11) is 0. The predicted molar refractivity (Wildman–Crippen MR) is 102 cm³/mol. The van der Waals surface area contributed by atoms with Gasteiger partial charge in [0.05, 0.1) is 5.56 Å². The molecule has 0 radical (unpaired) electrons. The maximum absolute atomic E-state index is 12.6. The van der Waals surface area contributed by atoms with Crippen LogP contribution in [0.5, 0.6) is 0 Å². The Morgan fingerprint density at radius 3 is 2.50 bits per heavy atom. The highest BCUT2D eigenvalue weighted by Gasteiger charge is 2.23. The van der Waals surface area contributed by atoms with Crippen LogP contribution in [0.1, 0.15) is 49.4 Å². The number of carbonyl (C=O) groups excluding carboxylic acids is 2. The SMILES string of the molecule is CC(=O)N1CCN(C(=O)c2ccc(NCCC3=CCCCC3)nc2)CC1. The van der Waals surface area contributed by atoms with Crippen LogP contribution >= 0.6 is 0 Å². The van der Waals surface area contributed by atoms with Gasteiger partial charge in [0.25, 0.3) is 5.91 Å². The maximum Gasteiger partial charge on any atom is 0.255 e. The predicted octanol–water partition coefficient (Wildman–Crippen LogP) is 2.69. The van der Waals surface area contributed by atoms with Gasteiger partial charge in [-0.15, -0.1) is 0 Å². The van der Waals surface area contributed by atoms with E-state index in [4.69, 9.17) is 0 Å². The van der Waals surface area contributed by atoms with Crippen LogP contribution in [-0.4, -0.2) is 59.3 Å². The molecule has 1 saturated heterocycles. The zero-order chi connectivity index (χ0) is 18.4. The topological polar surface area (TPSA) is 65.5 Å². The Balaban J connectivity index is 1.47. The van der Waals surface area contributed by atoms with E-state index < -0.39 is 0 Å². The molecule has 2 aliphatic rings. The third-order valence-electron chi connectivity index (χ3n) is 5.16. The first kappa shape index (κ1) is 18.4. The van der Waals surface area contributed by atoms with E-state index in [0.717, 1.165) is 18.8 Å². The molecule has 0 atom stereocenters. The van der Waals surface area contributed by atoms with Crippen molar-refractivity contribution in [3.63, 3.8) is 0 Å². The number of piperazine rings is 1. The molecule has 1 N–H and O–H groups in total. The number of hydrogen-bond acceptors (Lipinski definition) is 4. The first-order valence-electron chi connectivity index (χ1n) is 9.56. The molecular weight excluding hydrogens is 328 g/mol. The van der Waals surface area contributed by atoms with Crippen molar-refractivity contribution >= 4 is 17.6 Å². The summed E-state index contributed by atoms with van der Waals surface area (Å²) in [6.07, 6.45) is 10.1. The number of anilines is 1. The fraction of sp³-hybridized carbons (Fsp3) is 0.550. The molecule has 6 nitrogen and oxygen atoms in total. The summed E-state index contributed by atoms with van der Waals surface area (Å²) in [5, 5.41) is 3.33. The third kappa shape index (κ3) is 4.84. The minimum atomic E-state index is -0.0142. The summed E-state index contributed by atoms with van der Waals surface area (Å²) in [6, 6.07) is 3.70. The molecule has 1 aliphatic heterocycles. The van der Waals surface area contributed by atoms with Crippen molar-refractivity contribution in [1.29, 1.82) is 0 Å². The van der Waals surface area contributed by atoms with E-state index >= 15 is 0 Å². The number of nitrogens with one attached hydrogen (secondary N) is 1. The molecule has 1 fully saturated rings. The number of allylic oxidation sites excluding steroid dienone is 1. The van der Waals surface area contributed by atoms with Gasteiger partial charge < -0.3 is 15.1 Å². The van der Waals surface area contributed by atoms with Gasteiger partial charge in [-0.3, -0.25) is 9.59 Å². The van der Waals surface area contributed by atoms with Crippen LogP contribution in [0.25, 0.3) is 0 Å². The van der Waals surface area contributed by atoms with Crippen LogP contribution in [0.3, 0.4) is 0 Å². The second kappa shape index (κ2) is 8.83. The number of nitrogens with zero attached hydrogens (tertiary/aromatic N) is 3. The lowest BCUT2D eigenvalue weighted by Crippen LogP contribution is -2.50. The Labute approximate surface area is 155 Å². The van der Waals surface area contributed by atoms with Gasteiger partial charge in [-0.2, -0.15) is 0 Å². The Bertz CT molecular complexity index is 661. The van der Waals surface area contributed by atoms with Gasteiger partial charge in [0.1, 0.15) is 5.82 Å². The molecule has 6 heteroatoms. The Morgan fingerprint density at radius 2 is 1.88 bits per heavy atom. The molecule has 1 aromatic heterocycles. The Morgan fingerprint density at radius 1 is 1.12 bits per heavy atom.